The highest BCUT2D eigenvalue weighted by Gasteiger charge is 2.31. The van der Waals surface area contributed by atoms with E-state index in [1.807, 2.05) is 11.4 Å². The molecule has 0 unspecified atom stereocenters. The number of carbonyl (C=O) groups is 1. The maximum absolute atomic E-state index is 11.6. The lowest BCUT2D eigenvalue weighted by molar-refractivity contribution is -0.133. The van der Waals surface area contributed by atoms with Gasteiger partial charge in [0.05, 0.1) is 5.57 Å². The number of nitrogens with one attached hydrogen (secondary N) is 1. The molecular formula is C15H12ClN3O2S. The molecule has 0 fully saturated rings. The maximum atomic E-state index is 11.6. The van der Waals surface area contributed by atoms with E-state index in [2.05, 4.69) is 15.3 Å². The molecule has 2 heterocycles. The number of aliphatic carboxylic acids is 1. The van der Waals surface area contributed by atoms with Gasteiger partial charge in [0.25, 0.3) is 0 Å². The van der Waals surface area contributed by atoms with Crippen molar-refractivity contribution in [1.29, 1.82) is 0 Å². The van der Waals surface area contributed by atoms with E-state index in [-0.39, 0.29) is 5.57 Å². The predicted molar refractivity (Wildman–Crippen MR) is 86.3 cm³/mol. The minimum atomic E-state index is -1.02. The van der Waals surface area contributed by atoms with Crippen LogP contribution in [0.15, 0.2) is 52.1 Å². The zero-order valence-corrected chi connectivity index (χ0v) is 13.1. The Balaban J connectivity index is 2.14. The van der Waals surface area contributed by atoms with Gasteiger partial charge in [-0.2, -0.15) is 0 Å². The molecule has 5 nitrogen and oxygen atoms in total. The summed E-state index contributed by atoms with van der Waals surface area (Å²) in [7, 11) is 0. The lowest BCUT2D eigenvalue weighted by Gasteiger charge is -2.24. The number of allylic oxidation sites excluding steroid dienone is 1. The highest BCUT2D eigenvalue weighted by Crippen LogP contribution is 2.35. The molecule has 0 saturated carbocycles. The van der Waals surface area contributed by atoms with Gasteiger partial charge < -0.3 is 10.4 Å². The largest absolute Gasteiger partial charge is 0.478 e. The van der Waals surface area contributed by atoms with Crippen molar-refractivity contribution >= 4 is 34.7 Å². The van der Waals surface area contributed by atoms with Gasteiger partial charge in [-0.05, 0) is 13.0 Å². The molecule has 7 heteroatoms. The van der Waals surface area contributed by atoms with Crippen LogP contribution in [0.5, 0.6) is 0 Å². The second-order valence-corrected chi connectivity index (χ2v) is 6.01. The molecule has 2 aromatic rings. The summed E-state index contributed by atoms with van der Waals surface area (Å²) in [6.07, 6.45) is 1.68. The van der Waals surface area contributed by atoms with Crippen molar-refractivity contribution in [1.82, 2.24) is 10.3 Å². The van der Waals surface area contributed by atoms with Crippen LogP contribution in [0.2, 0.25) is 5.02 Å². The van der Waals surface area contributed by atoms with Gasteiger partial charge in [0.15, 0.2) is 10.8 Å². The molecule has 1 aliphatic rings. The number of hydrogen-bond donors (Lipinski definition) is 2. The van der Waals surface area contributed by atoms with Crippen molar-refractivity contribution in [3.8, 4) is 0 Å². The summed E-state index contributed by atoms with van der Waals surface area (Å²) >= 11 is 7.66. The number of hydrogen-bond acceptors (Lipinski definition) is 5. The highest BCUT2D eigenvalue weighted by molar-refractivity contribution is 7.11. The Labute approximate surface area is 136 Å². The fraction of sp³-hybridized carbons (Fsp3) is 0.133. The van der Waals surface area contributed by atoms with Gasteiger partial charge in [-0.15, -0.1) is 11.3 Å². The van der Waals surface area contributed by atoms with Crippen LogP contribution in [0.1, 0.15) is 23.5 Å². The molecule has 0 aliphatic carbocycles. The summed E-state index contributed by atoms with van der Waals surface area (Å²) in [5.41, 5.74) is 1.39. The second-order valence-electron chi connectivity index (χ2n) is 4.71. The van der Waals surface area contributed by atoms with Crippen molar-refractivity contribution in [2.75, 3.05) is 0 Å². The first-order valence-corrected chi connectivity index (χ1v) is 7.77. The third-order valence-electron chi connectivity index (χ3n) is 3.31. The number of carboxylic acid groups (broad SMARTS) is 1. The van der Waals surface area contributed by atoms with Crippen LogP contribution < -0.4 is 5.32 Å². The molecular weight excluding hydrogens is 322 g/mol. The van der Waals surface area contributed by atoms with Gasteiger partial charge in [-0.25, -0.2) is 9.78 Å². The van der Waals surface area contributed by atoms with Gasteiger partial charge in [-0.1, -0.05) is 29.8 Å². The van der Waals surface area contributed by atoms with E-state index >= 15 is 0 Å². The summed E-state index contributed by atoms with van der Waals surface area (Å²) < 4.78 is 0. The number of carboxylic acids is 1. The zero-order chi connectivity index (χ0) is 15.7. The third-order valence-corrected chi connectivity index (χ3v) is 4.43. The summed E-state index contributed by atoms with van der Waals surface area (Å²) in [6, 6.07) is 6.47. The first-order valence-electron chi connectivity index (χ1n) is 6.51. The van der Waals surface area contributed by atoms with Gasteiger partial charge in [-0.3, -0.25) is 4.99 Å². The van der Waals surface area contributed by atoms with Crippen molar-refractivity contribution < 1.29 is 9.90 Å². The first kappa shape index (κ1) is 14.7. The standard InChI is InChI=1S/C15H12ClN3O2S/c1-8-11(15(20)21)12(9-4-2-3-5-10(9)16)19-13(18-8)14-17-6-7-22-14/h2-7,12H,1H3,(H,18,19)(H,20,21)/t12-/m0/s1. The molecule has 3 rings (SSSR count). The Morgan fingerprint density at radius 2 is 2.18 bits per heavy atom. The van der Waals surface area contributed by atoms with Crippen LogP contribution in [-0.4, -0.2) is 21.9 Å². The van der Waals surface area contributed by atoms with Crippen LogP contribution in [0.3, 0.4) is 0 Å². The molecule has 1 atom stereocenters. The number of rotatable bonds is 3. The minimum Gasteiger partial charge on any atom is -0.478 e. The molecule has 112 valence electrons. The average Bonchev–Trinajstić information content (AvgIpc) is 3.00. The Kier molecular flexibility index (Phi) is 3.96. The predicted octanol–water partition coefficient (Wildman–Crippen LogP) is 3.25. The number of benzene rings is 1. The van der Waals surface area contributed by atoms with E-state index in [4.69, 9.17) is 11.6 Å². The number of thiazole rings is 1. The lowest BCUT2D eigenvalue weighted by Crippen LogP contribution is -2.32. The van der Waals surface area contributed by atoms with Crippen LogP contribution >= 0.6 is 22.9 Å². The SMILES string of the molecule is CC1=C(C(=O)O)[C@H](c2ccccc2Cl)N=C(c2nccs2)N1. The van der Waals surface area contributed by atoms with Crippen LogP contribution in [0.25, 0.3) is 0 Å². The van der Waals surface area contributed by atoms with E-state index in [0.29, 0.717) is 27.1 Å². The fourth-order valence-electron chi connectivity index (χ4n) is 2.32. The molecule has 1 aromatic heterocycles. The van der Waals surface area contributed by atoms with Crippen molar-refractivity contribution in [2.24, 2.45) is 4.99 Å². The Hall–Kier alpha value is -2.18. The number of aromatic nitrogens is 1. The lowest BCUT2D eigenvalue weighted by atomic mass is 9.96. The summed E-state index contributed by atoms with van der Waals surface area (Å²) in [5.74, 6) is -0.459. The number of nitrogens with zero attached hydrogens (tertiary/aromatic N) is 2. The topological polar surface area (TPSA) is 74.6 Å². The number of aliphatic imine (C=N–C) groups is 1. The monoisotopic (exact) mass is 333 g/mol. The molecule has 0 saturated heterocycles. The molecule has 2 N–H and O–H groups in total. The third kappa shape index (κ3) is 2.63. The Morgan fingerprint density at radius 1 is 1.41 bits per heavy atom. The maximum Gasteiger partial charge on any atom is 0.335 e. The van der Waals surface area contributed by atoms with Crippen LogP contribution in [0, 0.1) is 0 Å². The van der Waals surface area contributed by atoms with E-state index in [1.165, 1.54) is 11.3 Å². The number of halogens is 1. The zero-order valence-electron chi connectivity index (χ0n) is 11.6. The molecule has 1 aliphatic heterocycles. The smallest absolute Gasteiger partial charge is 0.335 e. The normalized spacial score (nSPS) is 17.9. The van der Waals surface area contributed by atoms with E-state index < -0.39 is 12.0 Å². The first-order chi connectivity index (χ1) is 10.6. The van der Waals surface area contributed by atoms with Gasteiger partial charge in [0, 0.05) is 27.9 Å². The van der Waals surface area contributed by atoms with Gasteiger partial charge in [0.1, 0.15) is 6.04 Å². The van der Waals surface area contributed by atoms with Gasteiger partial charge in [0.2, 0.25) is 0 Å². The van der Waals surface area contributed by atoms with Crippen LogP contribution in [0.4, 0.5) is 0 Å². The van der Waals surface area contributed by atoms with Crippen molar-refractivity contribution in [3.05, 3.63) is 62.7 Å². The van der Waals surface area contributed by atoms with Crippen LogP contribution in [-0.2, 0) is 4.79 Å². The quantitative estimate of drug-likeness (QED) is 0.904. The van der Waals surface area contributed by atoms with E-state index in [1.54, 1.807) is 31.3 Å². The van der Waals surface area contributed by atoms with E-state index in [0.717, 1.165) is 0 Å². The molecule has 0 amide bonds. The molecule has 1 aromatic carbocycles. The highest BCUT2D eigenvalue weighted by atomic mass is 35.5. The average molecular weight is 334 g/mol. The number of amidine groups is 1. The minimum absolute atomic E-state index is 0.188. The van der Waals surface area contributed by atoms with Crippen molar-refractivity contribution in [3.63, 3.8) is 0 Å². The molecule has 0 radical (unpaired) electrons. The van der Waals surface area contributed by atoms with E-state index in [9.17, 15) is 9.90 Å². The Morgan fingerprint density at radius 3 is 2.82 bits per heavy atom. The van der Waals surface area contributed by atoms with Crippen molar-refractivity contribution in [2.45, 2.75) is 13.0 Å². The summed E-state index contributed by atoms with van der Waals surface area (Å²) in [6.45, 7) is 1.72. The Bertz CT molecular complexity index is 784. The van der Waals surface area contributed by atoms with Gasteiger partial charge >= 0.3 is 5.97 Å². The molecule has 0 bridgehead atoms. The summed E-state index contributed by atoms with van der Waals surface area (Å²) in [5, 5.41) is 15.6. The second kappa shape index (κ2) is 5.90. The summed E-state index contributed by atoms with van der Waals surface area (Å²) in [4.78, 5) is 20.4. The molecule has 22 heavy (non-hydrogen) atoms. The fourth-order valence-corrected chi connectivity index (χ4v) is 3.15. The molecule has 0 spiro atoms.